The molecule has 1 rings (SSSR count). The summed E-state index contributed by atoms with van der Waals surface area (Å²) in [5, 5.41) is 0. The van der Waals surface area contributed by atoms with Crippen molar-refractivity contribution in [3.63, 3.8) is 0 Å². The van der Waals surface area contributed by atoms with Crippen molar-refractivity contribution in [2.75, 3.05) is 13.2 Å². The molecule has 0 radical (unpaired) electrons. The van der Waals surface area contributed by atoms with Gasteiger partial charge in [0.2, 0.25) is 0 Å². The standard InChI is InChI=1S/C20H36O4/c1-4-5-6-7-8-9-10-11-12-13-14-15-19(21)22-16-18-17-23-20(2,3)24-18/h9-10,18H,4-8,11-17H2,1-3H3/b10-9+. The van der Waals surface area contributed by atoms with Crippen LogP contribution in [0, 0.1) is 0 Å². The summed E-state index contributed by atoms with van der Waals surface area (Å²) in [5.74, 6) is -0.685. The number of ether oxygens (including phenoxy) is 3. The van der Waals surface area contributed by atoms with Gasteiger partial charge in [-0.2, -0.15) is 0 Å². The average Bonchev–Trinajstić information content (AvgIpc) is 2.90. The van der Waals surface area contributed by atoms with Gasteiger partial charge in [0.05, 0.1) is 6.61 Å². The van der Waals surface area contributed by atoms with E-state index >= 15 is 0 Å². The third-order valence-corrected chi connectivity index (χ3v) is 4.14. The van der Waals surface area contributed by atoms with E-state index in [4.69, 9.17) is 14.2 Å². The van der Waals surface area contributed by atoms with Gasteiger partial charge in [-0.05, 0) is 46.0 Å². The molecule has 1 aliphatic heterocycles. The van der Waals surface area contributed by atoms with Crippen LogP contribution < -0.4 is 0 Å². The highest BCUT2D eigenvalue weighted by Crippen LogP contribution is 2.22. The van der Waals surface area contributed by atoms with Crippen LogP contribution in [0.5, 0.6) is 0 Å². The fraction of sp³-hybridized carbons (Fsp3) is 0.850. The lowest BCUT2D eigenvalue weighted by Crippen LogP contribution is -2.25. The molecule has 0 N–H and O–H groups in total. The Morgan fingerprint density at radius 3 is 2.33 bits per heavy atom. The molecule has 0 aromatic heterocycles. The number of carbonyl (C=O) groups is 1. The molecule has 1 atom stereocenters. The predicted molar refractivity (Wildman–Crippen MR) is 96.8 cm³/mol. The monoisotopic (exact) mass is 340 g/mol. The fourth-order valence-electron chi connectivity index (χ4n) is 2.74. The number of allylic oxidation sites excluding steroid dienone is 2. The molecule has 1 fully saturated rings. The molecule has 1 saturated heterocycles. The number of esters is 1. The van der Waals surface area contributed by atoms with E-state index in [2.05, 4.69) is 19.1 Å². The van der Waals surface area contributed by atoms with Gasteiger partial charge in [-0.15, -0.1) is 0 Å². The molecule has 1 aliphatic rings. The van der Waals surface area contributed by atoms with Gasteiger partial charge in [-0.1, -0.05) is 44.8 Å². The minimum Gasteiger partial charge on any atom is -0.463 e. The molecule has 0 saturated carbocycles. The van der Waals surface area contributed by atoms with Gasteiger partial charge >= 0.3 is 5.97 Å². The summed E-state index contributed by atoms with van der Waals surface area (Å²) in [5.41, 5.74) is 0. The largest absolute Gasteiger partial charge is 0.463 e. The lowest BCUT2D eigenvalue weighted by Gasteiger charge is -2.16. The van der Waals surface area contributed by atoms with Crippen LogP contribution in [0.1, 0.15) is 85.0 Å². The van der Waals surface area contributed by atoms with Crippen molar-refractivity contribution in [1.29, 1.82) is 0 Å². The minimum atomic E-state index is -0.555. The molecule has 24 heavy (non-hydrogen) atoms. The van der Waals surface area contributed by atoms with E-state index in [9.17, 15) is 4.79 Å². The summed E-state index contributed by atoms with van der Waals surface area (Å²) in [6, 6.07) is 0. The molecule has 0 amide bonds. The maximum Gasteiger partial charge on any atom is 0.305 e. The van der Waals surface area contributed by atoms with Crippen molar-refractivity contribution in [1.82, 2.24) is 0 Å². The van der Waals surface area contributed by atoms with Crippen molar-refractivity contribution >= 4 is 5.97 Å². The van der Waals surface area contributed by atoms with Gasteiger partial charge in [0, 0.05) is 6.42 Å². The normalized spacial score (nSPS) is 19.9. The first-order valence-corrected chi connectivity index (χ1v) is 9.66. The maximum absolute atomic E-state index is 11.7. The SMILES string of the molecule is CCCCCC/C=C/CCCCCC(=O)OCC1COC(C)(C)O1. The first-order valence-electron chi connectivity index (χ1n) is 9.66. The van der Waals surface area contributed by atoms with Crippen LogP contribution in [-0.2, 0) is 19.0 Å². The topological polar surface area (TPSA) is 44.8 Å². The average molecular weight is 341 g/mol. The smallest absolute Gasteiger partial charge is 0.305 e. The van der Waals surface area contributed by atoms with Crippen LogP contribution in [0.15, 0.2) is 12.2 Å². The number of hydrogen-bond acceptors (Lipinski definition) is 4. The van der Waals surface area contributed by atoms with Gasteiger partial charge in [-0.3, -0.25) is 4.79 Å². The van der Waals surface area contributed by atoms with E-state index in [1.807, 2.05) is 13.8 Å². The number of hydrogen-bond donors (Lipinski definition) is 0. The Hall–Kier alpha value is -0.870. The third-order valence-electron chi connectivity index (χ3n) is 4.14. The molecule has 1 heterocycles. The highest BCUT2D eigenvalue weighted by Gasteiger charge is 2.33. The van der Waals surface area contributed by atoms with Crippen LogP contribution in [0.25, 0.3) is 0 Å². The van der Waals surface area contributed by atoms with Crippen LogP contribution >= 0.6 is 0 Å². The fourth-order valence-corrected chi connectivity index (χ4v) is 2.74. The van der Waals surface area contributed by atoms with Crippen LogP contribution in [-0.4, -0.2) is 31.1 Å². The van der Waals surface area contributed by atoms with Gasteiger partial charge < -0.3 is 14.2 Å². The van der Waals surface area contributed by atoms with Crippen molar-refractivity contribution in [3.05, 3.63) is 12.2 Å². The molecule has 140 valence electrons. The quantitative estimate of drug-likeness (QED) is 0.264. The lowest BCUT2D eigenvalue weighted by atomic mass is 10.1. The van der Waals surface area contributed by atoms with E-state index in [1.54, 1.807) is 0 Å². The summed E-state index contributed by atoms with van der Waals surface area (Å²) in [6.07, 6.45) is 15.7. The van der Waals surface area contributed by atoms with Crippen LogP contribution in [0.4, 0.5) is 0 Å². The first kappa shape index (κ1) is 21.2. The summed E-state index contributed by atoms with van der Waals surface area (Å²) < 4.78 is 16.3. The molecule has 0 aromatic carbocycles. The zero-order chi connectivity index (χ0) is 17.7. The molecule has 0 spiro atoms. The van der Waals surface area contributed by atoms with E-state index in [1.165, 1.54) is 32.1 Å². The van der Waals surface area contributed by atoms with E-state index in [0.29, 0.717) is 19.6 Å². The zero-order valence-corrected chi connectivity index (χ0v) is 15.9. The maximum atomic E-state index is 11.7. The van der Waals surface area contributed by atoms with E-state index in [0.717, 1.165) is 25.7 Å². The predicted octanol–water partition coefficient (Wildman–Crippen LogP) is 5.16. The highest BCUT2D eigenvalue weighted by atomic mass is 16.7. The van der Waals surface area contributed by atoms with Gasteiger partial charge in [0.15, 0.2) is 5.79 Å². The minimum absolute atomic E-state index is 0.130. The van der Waals surface area contributed by atoms with Gasteiger partial charge in [0.25, 0.3) is 0 Å². The summed E-state index contributed by atoms with van der Waals surface area (Å²) in [6.45, 7) is 6.76. The van der Waals surface area contributed by atoms with Crippen molar-refractivity contribution in [3.8, 4) is 0 Å². The molecular formula is C20H36O4. The second-order valence-corrected chi connectivity index (χ2v) is 7.05. The molecule has 0 aliphatic carbocycles. The van der Waals surface area contributed by atoms with Gasteiger partial charge in [0.1, 0.15) is 12.7 Å². The Labute approximate surface area is 147 Å². The number of carbonyl (C=O) groups excluding carboxylic acids is 1. The molecular weight excluding hydrogens is 304 g/mol. The number of unbranched alkanes of at least 4 members (excludes halogenated alkanes) is 7. The molecule has 1 unspecified atom stereocenters. The molecule has 4 heteroatoms. The number of rotatable bonds is 13. The molecule has 4 nitrogen and oxygen atoms in total. The summed E-state index contributed by atoms with van der Waals surface area (Å²) in [4.78, 5) is 11.7. The van der Waals surface area contributed by atoms with E-state index < -0.39 is 5.79 Å². The second kappa shape index (κ2) is 12.5. The summed E-state index contributed by atoms with van der Waals surface area (Å²) >= 11 is 0. The first-order chi connectivity index (χ1) is 11.5. The summed E-state index contributed by atoms with van der Waals surface area (Å²) in [7, 11) is 0. The van der Waals surface area contributed by atoms with Crippen LogP contribution in [0.2, 0.25) is 0 Å². The van der Waals surface area contributed by atoms with E-state index in [-0.39, 0.29) is 12.1 Å². The van der Waals surface area contributed by atoms with Crippen LogP contribution in [0.3, 0.4) is 0 Å². The Kier molecular flexibility index (Phi) is 11.0. The highest BCUT2D eigenvalue weighted by molar-refractivity contribution is 5.69. The lowest BCUT2D eigenvalue weighted by molar-refractivity contribution is -0.158. The Balaban J connectivity index is 1.88. The third kappa shape index (κ3) is 10.8. The van der Waals surface area contributed by atoms with Crippen molar-refractivity contribution < 1.29 is 19.0 Å². The second-order valence-electron chi connectivity index (χ2n) is 7.05. The zero-order valence-electron chi connectivity index (χ0n) is 15.9. The Bertz CT molecular complexity index is 363. The molecule has 0 aromatic rings. The van der Waals surface area contributed by atoms with Crippen molar-refractivity contribution in [2.24, 2.45) is 0 Å². The van der Waals surface area contributed by atoms with Gasteiger partial charge in [-0.25, -0.2) is 0 Å². The Morgan fingerprint density at radius 1 is 1.08 bits per heavy atom. The Morgan fingerprint density at radius 2 is 1.75 bits per heavy atom. The molecule has 0 bridgehead atoms. The van der Waals surface area contributed by atoms with Crippen molar-refractivity contribution in [2.45, 2.75) is 96.9 Å².